The number of rotatable bonds is 4. The topological polar surface area (TPSA) is 92.6 Å². The molecule has 0 bridgehead atoms. The van der Waals surface area contributed by atoms with Gasteiger partial charge in [0, 0.05) is 18.9 Å². The molecule has 0 aliphatic heterocycles. The Hall–Kier alpha value is -3.45. The summed E-state index contributed by atoms with van der Waals surface area (Å²) in [4.78, 5) is 15.5. The molecule has 1 aliphatic rings. The Morgan fingerprint density at radius 1 is 1.21 bits per heavy atom. The van der Waals surface area contributed by atoms with Gasteiger partial charge in [0.2, 0.25) is 5.95 Å². The molecular weight excluding hydrogens is 352 g/mol. The lowest BCUT2D eigenvalue weighted by Crippen LogP contribution is -2.10. The molecule has 0 saturated heterocycles. The average Bonchev–Trinajstić information content (AvgIpc) is 2.88. The smallest absolute Gasteiger partial charge is 0.220 e. The largest absolute Gasteiger partial charge is 0.508 e. The van der Waals surface area contributed by atoms with Crippen LogP contribution >= 0.6 is 0 Å². The van der Waals surface area contributed by atoms with E-state index in [9.17, 15) is 5.11 Å². The summed E-state index contributed by atoms with van der Waals surface area (Å²) in [5, 5.41) is 9.80. The van der Waals surface area contributed by atoms with E-state index in [-0.39, 0.29) is 11.7 Å². The molecule has 0 saturated carbocycles. The fourth-order valence-electron chi connectivity index (χ4n) is 3.32. The van der Waals surface area contributed by atoms with Crippen LogP contribution < -0.4 is 5.73 Å². The van der Waals surface area contributed by atoms with Crippen LogP contribution in [0.2, 0.25) is 0 Å². The molecule has 3 N–H and O–H groups in total. The van der Waals surface area contributed by atoms with E-state index in [1.54, 1.807) is 18.3 Å². The van der Waals surface area contributed by atoms with E-state index in [1.165, 1.54) is 5.56 Å². The van der Waals surface area contributed by atoms with Crippen LogP contribution in [0, 0.1) is 0 Å². The van der Waals surface area contributed by atoms with Crippen molar-refractivity contribution in [2.75, 3.05) is 19.8 Å². The van der Waals surface area contributed by atoms with Gasteiger partial charge in [-0.15, -0.1) is 0 Å². The van der Waals surface area contributed by atoms with Crippen molar-refractivity contribution >= 4 is 17.2 Å². The zero-order valence-corrected chi connectivity index (χ0v) is 15.9. The van der Waals surface area contributed by atoms with Crippen molar-refractivity contribution in [2.45, 2.75) is 13.0 Å². The van der Waals surface area contributed by atoms with E-state index < -0.39 is 0 Å². The summed E-state index contributed by atoms with van der Waals surface area (Å²) in [6.07, 6.45) is 11.5. The Labute approximate surface area is 163 Å². The summed E-state index contributed by atoms with van der Waals surface area (Å²) in [7, 11) is 4.08. The maximum Gasteiger partial charge on any atom is 0.220 e. The van der Waals surface area contributed by atoms with Crippen LogP contribution in [0.5, 0.6) is 0 Å². The lowest BCUT2D eigenvalue weighted by atomic mass is 10.1. The van der Waals surface area contributed by atoms with E-state index >= 15 is 0 Å². The number of aliphatic hydroxyl groups excluding tert-OH is 1. The minimum atomic E-state index is 0.218. The van der Waals surface area contributed by atoms with Gasteiger partial charge in [0.1, 0.15) is 11.4 Å². The Bertz CT molecular complexity index is 1120. The number of imidazole rings is 1. The lowest BCUT2D eigenvalue weighted by molar-refractivity contribution is 0.402. The summed E-state index contributed by atoms with van der Waals surface area (Å²) in [6, 6.07) is 6.00. The molecule has 7 heteroatoms. The minimum absolute atomic E-state index is 0.218. The standard InChI is InChI=1S/C21H22N6O/c1-26(2)13-14-9-11-27-18(12-14)25-19(15-4-3-5-16(28)7-6-15)20(27)17-8-10-23-21(22)24-17/h3,5-12,28H,4,13H2,1-2H3,(H2,22,23,24). The highest BCUT2D eigenvalue weighted by Gasteiger charge is 2.19. The van der Waals surface area contributed by atoms with Crippen molar-refractivity contribution in [1.29, 1.82) is 0 Å². The molecule has 3 heterocycles. The number of fused-ring (bicyclic) bond motifs is 1. The summed E-state index contributed by atoms with van der Waals surface area (Å²) >= 11 is 0. The maximum atomic E-state index is 9.80. The van der Waals surface area contributed by atoms with Crippen molar-refractivity contribution in [3.05, 3.63) is 71.9 Å². The summed E-state index contributed by atoms with van der Waals surface area (Å²) in [5.41, 5.74) is 11.2. The number of nitrogen functional groups attached to an aromatic ring is 1. The van der Waals surface area contributed by atoms with Gasteiger partial charge >= 0.3 is 0 Å². The van der Waals surface area contributed by atoms with Gasteiger partial charge in [-0.25, -0.2) is 15.0 Å². The quantitative estimate of drug-likeness (QED) is 0.728. The van der Waals surface area contributed by atoms with Gasteiger partial charge in [0.05, 0.1) is 17.1 Å². The molecule has 3 aromatic heterocycles. The Morgan fingerprint density at radius 2 is 2.07 bits per heavy atom. The maximum absolute atomic E-state index is 9.80. The number of allylic oxidation sites excluding steroid dienone is 5. The van der Waals surface area contributed by atoms with Crippen molar-refractivity contribution in [3.8, 4) is 11.4 Å². The van der Waals surface area contributed by atoms with Crippen molar-refractivity contribution in [3.63, 3.8) is 0 Å². The fourth-order valence-corrected chi connectivity index (χ4v) is 3.32. The molecule has 0 aromatic carbocycles. The van der Waals surface area contributed by atoms with Crippen LogP contribution in [0.25, 0.3) is 22.6 Å². The zero-order valence-electron chi connectivity index (χ0n) is 15.9. The molecule has 0 unspecified atom stereocenters. The molecule has 0 spiro atoms. The Kier molecular flexibility index (Phi) is 4.67. The molecule has 1 aliphatic carbocycles. The second-order valence-electron chi connectivity index (χ2n) is 7.00. The van der Waals surface area contributed by atoms with Gasteiger partial charge in [-0.1, -0.05) is 12.2 Å². The van der Waals surface area contributed by atoms with E-state index in [2.05, 4.69) is 27.0 Å². The molecule has 0 radical (unpaired) electrons. The molecule has 4 rings (SSSR count). The molecule has 3 aromatic rings. The highest BCUT2D eigenvalue weighted by molar-refractivity contribution is 5.80. The normalized spacial score (nSPS) is 14.2. The van der Waals surface area contributed by atoms with Gasteiger partial charge in [0.25, 0.3) is 0 Å². The first-order valence-corrected chi connectivity index (χ1v) is 9.02. The molecule has 142 valence electrons. The SMILES string of the molecule is CN(C)Cc1ccn2c(-c3ccnc(N)n3)c(C3=CC=C(O)C=CC3)nc2c1. The number of aliphatic hydroxyl groups is 1. The Morgan fingerprint density at radius 3 is 2.86 bits per heavy atom. The van der Waals surface area contributed by atoms with Crippen LogP contribution in [0.4, 0.5) is 5.95 Å². The van der Waals surface area contributed by atoms with Crippen LogP contribution in [0.15, 0.2) is 60.7 Å². The van der Waals surface area contributed by atoms with E-state index in [0.29, 0.717) is 12.1 Å². The summed E-state index contributed by atoms with van der Waals surface area (Å²) in [5.74, 6) is 0.440. The molecule has 28 heavy (non-hydrogen) atoms. The lowest BCUT2D eigenvalue weighted by Gasteiger charge is -2.10. The average molecular weight is 374 g/mol. The van der Waals surface area contributed by atoms with E-state index in [4.69, 9.17) is 10.7 Å². The monoisotopic (exact) mass is 374 g/mol. The Balaban J connectivity index is 1.94. The predicted molar refractivity (Wildman–Crippen MR) is 110 cm³/mol. The van der Waals surface area contributed by atoms with Crippen molar-refractivity contribution < 1.29 is 5.11 Å². The van der Waals surface area contributed by atoms with Gasteiger partial charge < -0.3 is 15.7 Å². The first-order chi connectivity index (χ1) is 13.5. The van der Waals surface area contributed by atoms with Gasteiger partial charge in [-0.3, -0.25) is 4.40 Å². The second-order valence-corrected chi connectivity index (χ2v) is 7.00. The van der Waals surface area contributed by atoms with Crippen LogP contribution in [-0.2, 0) is 6.54 Å². The number of hydrogen-bond acceptors (Lipinski definition) is 6. The third-order valence-corrected chi connectivity index (χ3v) is 4.49. The first-order valence-electron chi connectivity index (χ1n) is 9.02. The molecule has 0 amide bonds. The highest BCUT2D eigenvalue weighted by Crippen LogP contribution is 2.32. The molecular formula is C21H22N6O. The van der Waals surface area contributed by atoms with Crippen molar-refractivity contribution in [2.24, 2.45) is 0 Å². The second kappa shape index (κ2) is 7.28. The van der Waals surface area contributed by atoms with Crippen LogP contribution in [0.1, 0.15) is 17.7 Å². The number of nitrogens with two attached hydrogens (primary N) is 1. The van der Waals surface area contributed by atoms with Gasteiger partial charge in [-0.2, -0.15) is 0 Å². The summed E-state index contributed by atoms with van der Waals surface area (Å²) in [6.45, 7) is 0.830. The van der Waals surface area contributed by atoms with Crippen LogP contribution in [-0.4, -0.2) is 43.5 Å². The van der Waals surface area contributed by atoms with E-state index in [0.717, 1.165) is 29.2 Å². The third kappa shape index (κ3) is 3.52. The number of hydrogen-bond donors (Lipinski definition) is 2. The third-order valence-electron chi connectivity index (χ3n) is 4.49. The first kappa shape index (κ1) is 17.9. The minimum Gasteiger partial charge on any atom is -0.508 e. The fraction of sp³-hybridized carbons (Fsp3) is 0.190. The van der Waals surface area contributed by atoms with E-state index in [1.807, 2.05) is 42.9 Å². The highest BCUT2D eigenvalue weighted by atomic mass is 16.3. The number of nitrogens with zero attached hydrogens (tertiary/aromatic N) is 5. The number of anilines is 1. The zero-order chi connectivity index (χ0) is 19.7. The molecule has 0 atom stereocenters. The number of pyridine rings is 1. The molecule has 0 fully saturated rings. The van der Waals surface area contributed by atoms with Gasteiger partial charge in [0.15, 0.2) is 0 Å². The van der Waals surface area contributed by atoms with Crippen molar-refractivity contribution in [1.82, 2.24) is 24.3 Å². The predicted octanol–water partition coefficient (Wildman–Crippen LogP) is 3.22. The van der Waals surface area contributed by atoms with Gasteiger partial charge in [-0.05, 0) is 62.0 Å². The number of aromatic nitrogens is 4. The molecule has 7 nitrogen and oxygen atoms in total. The summed E-state index contributed by atoms with van der Waals surface area (Å²) < 4.78 is 2.02. The van der Waals surface area contributed by atoms with Crippen LogP contribution in [0.3, 0.4) is 0 Å².